The Hall–Kier alpha value is -1.74. The summed E-state index contributed by atoms with van der Waals surface area (Å²) in [5.74, 6) is 0. The lowest BCUT2D eigenvalue weighted by molar-refractivity contribution is 0.106. The van der Waals surface area contributed by atoms with Gasteiger partial charge >= 0.3 is 0 Å². The number of nitriles is 1. The van der Waals surface area contributed by atoms with Gasteiger partial charge in [0.15, 0.2) is 5.69 Å². The maximum Gasteiger partial charge on any atom is 0.266 e. The minimum atomic E-state index is -2.99. The normalized spacial score (nSPS) is 10.1. The number of hydrogen-bond acceptors (Lipinski definition) is 4. The van der Waals surface area contributed by atoms with Crippen molar-refractivity contribution in [2.45, 2.75) is 6.43 Å². The standard InChI is InChI=1S/C8H4ClF2N3O/c9-7(15)3-2-14-4(1-12)6(13)5(3)8(10)11/h2,8H,13H2. The molecule has 1 aromatic rings. The quantitative estimate of drug-likeness (QED) is 0.788. The van der Waals surface area contributed by atoms with Crippen LogP contribution in [0.4, 0.5) is 14.5 Å². The molecule has 0 aliphatic rings. The summed E-state index contributed by atoms with van der Waals surface area (Å²) in [4.78, 5) is 14.2. The molecule has 15 heavy (non-hydrogen) atoms. The van der Waals surface area contributed by atoms with Gasteiger partial charge in [-0.1, -0.05) is 0 Å². The molecule has 0 spiro atoms. The van der Waals surface area contributed by atoms with Crippen molar-refractivity contribution >= 4 is 22.5 Å². The fraction of sp³-hybridized carbons (Fsp3) is 0.125. The topological polar surface area (TPSA) is 79.8 Å². The Kier molecular flexibility index (Phi) is 3.17. The highest BCUT2D eigenvalue weighted by Crippen LogP contribution is 2.30. The highest BCUT2D eigenvalue weighted by atomic mass is 35.5. The monoisotopic (exact) mass is 231 g/mol. The van der Waals surface area contributed by atoms with Gasteiger partial charge in [0.25, 0.3) is 11.7 Å². The van der Waals surface area contributed by atoms with Gasteiger partial charge in [0.1, 0.15) is 6.07 Å². The molecule has 0 fully saturated rings. The van der Waals surface area contributed by atoms with Crippen LogP contribution < -0.4 is 5.73 Å². The molecule has 0 aliphatic carbocycles. The van der Waals surface area contributed by atoms with E-state index in [1.165, 1.54) is 6.07 Å². The predicted octanol–water partition coefficient (Wildman–Crippen LogP) is 1.85. The van der Waals surface area contributed by atoms with Crippen LogP contribution in [0.1, 0.15) is 28.0 Å². The van der Waals surface area contributed by atoms with Crippen LogP contribution in [0.25, 0.3) is 0 Å². The van der Waals surface area contributed by atoms with Crippen molar-refractivity contribution in [2.75, 3.05) is 5.73 Å². The molecule has 1 aromatic heterocycles. The number of carbonyl (C=O) groups excluding carboxylic acids is 1. The second kappa shape index (κ2) is 4.19. The molecule has 0 saturated heterocycles. The lowest BCUT2D eigenvalue weighted by Crippen LogP contribution is -2.07. The molecule has 78 valence electrons. The fourth-order valence-electron chi connectivity index (χ4n) is 1.02. The second-order valence-corrected chi connectivity index (χ2v) is 2.88. The number of nitrogen functional groups attached to an aromatic ring is 1. The molecule has 7 heteroatoms. The zero-order chi connectivity index (χ0) is 11.6. The van der Waals surface area contributed by atoms with Gasteiger partial charge in [-0.25, -0.2) is 13.8 Å². The van der Waals surface area contributed by atoms with Crippen LogP contribution in [-0.4, -0.2) is 10.2 Å². The Balaban J connectivity index is 3.53. The van der Waals surface area contributed by atoms with Crippen molar-refractivity contribution in [1.82, 2.24) is 4.98 Å². The summed E-state index contributed by atoms with van der Waals surface area (Å²) in [6.07, 6.45) is -2.18. The van der Waals surface area contributed by atoms with E-state index in [4.69, 9.17) is 22.6 Å². The van der Waals surface area contributed by atoms with E-state index in [0.29, 0.717) is 0 Å². The first-order valence-corrected chi connectivity index (χ1v) is 4.03. The summed E-state index contributed by atoms with van der Waals surface area (Å²) in [5, 5.41) is 7.41. The Labute approximate surface area is 88.3 Å². The predicted molar refractivity (Wildman–Crippen MR) is 48.5 cm³/mol. The molecule has 0 atom stereocenters. The SMILES string of the molecule is N#Cc1ncc(C(=O)Cl)c(C(F)F)c1N. The number of carbonyl (C=O) groups is 1. The van der Waals surface area contributed by atoms with Gasteiger partial charge in [0.05, 0.1) is 16.8 Å². The van der Waals surface area contributed by atoms with Crippen molar-refractivity contribution in [3.8, 4) is 6.07 Å². The van der Waals surface area contributed by atoms with E-state index in [9.17, 15) is 13.6 Å². The molecule has 0 bridgehead atoms. The number of hydrogen-bond donors (Lipinski definition) is 1. The van der Waals surface area contributed by atoms with Crippen molar-refractivity contribution in [3.05, 3.63) is 23.0 Å². The zero-order valence-corrected chi connectivity index (χ0v) is 7.92. The number of pyridine rings is 1. The van der Waals surface area contributed by atoms with Gasteiger partial charge in [-0.2, -0.15) is 5.26 Å². The van der Waals surface area contributed by atoms with E-state index in [2.05, 4.69) is 4.98 Å². The van der Waals surface area contributed by atoms with Crippen LogP contribution in [-0.2, 0) is 0 Å². The fourth-order valence-corrected chi connectivity index (χ4v) is 1.17. The van der Waals surface area contributed by atoms with Crippen LogP contribution in [0.5, 0.6) is 0 Å². The average molecular weight is 232 g/mol. The summed E-state index contributed by atoms with van der Waals surface area (Å²) in [7, 11) is 0. The van der Waals surface area contributed by atoms with Crippen LogP contribution in [0.15, 0.2) is 6.20 Å². The van der Waals surface area contributed by atoms with E-state index in [-0.39, 0.29) is 5.69 Å². The first-order chi connectivity index (χ1) is 6.99. The van der Waals surface area contributed by atoms with Crippen molar-refractivity contribution in [3.63, 3.8) is 0 Å². The molecule has 1 heterocycles. The van der Waals surface area contributed by atoms with Crippen LogP contribution >= 0.6 is 11.6 Å². The molecule has 0 saturated carbocycles. The lowest BCUT2D eigenvalue weighted by atomic mass is 10.1. The maximum atomic E-state index is 12.5. The number of rotatable bonds is 2. The van der Waals surface area contributed by atoms with Crippen molar-refractivity contribution in [1.29, 1.82) is 5.26 Å². The highest BCUT2D eigenvalue weighted by molar-refractivity contribution is 6.68. The zero-order valence-electron chi connectivity index (χ0n) is 7.17. The van der Waals surface area contributed by atoms with Gasteiger partial charge in [-0.05, 0) is 11.6 Å². The van der Waals surface area contributed by atoms with Gasteiger partial charge in [-0.15, -0.1) is 0 Å². The summed E-state index contributed by atoms with van der Waals surface area (Å²) in [6, 6.07) is 1.53. The van der Waals surface area contributed by atoms with Crippen molar-refractivity contribution in [2.24, 2.45) is 0 Å². The molecule has 0 aliphatic heterocycles. The molecule has 4 nitrogen and oxygen atoms in total. The Morgan fingerprint density at radius 2 is 2.27 bits per heavy atom. The third-order valence-corrected chi connectivity index (χ3v) is 1.90. The van der Waals surface area contributed by atoms with E-state index in [0.717, 1.165) is 6.20 Å². The molecular weight excluding hydrogens is 228 g/mol. The van der Waals surface area contributed by atoms with Gasteiger partial charge in [0.2, 0.25) is 0 Å². The summed E-state index contributed by atoms with van der Waals surface area (Å²) >= 11 is 5.07. The van der Waals surface area contributed by atoms with Gasteiger partial charge in [0, 0.05) is 6.20 Å². The van der Waals surface area contributed by atoms with E-state index in [1.54, 1.807) is 0 Å². The minimum Gasteiger partial charge on any atom is -0.396 e. The van der Waals surface area contributed by atoms with E-state index in [1.807, 2.05) is 0 Å². The summed E-state index contributed by atoms with van der Waals surface area (Å²) in [5.41, 5.74) is 3.16. The Morgan fingerprint density at radius 3 is 2.67 bits per heavy atom. The van der Waals surface area contributed by atoms with Crippen LogP contribution in [0.2, 0.25) is 0 Å². The van der Waals surface area contributed by atoms with Gasteiger partial charge < -0.3 is 5.73 Å². The Bertz CT molecular complexity index is 456. The highest BCUT2D eigenvalue weighted by Gasteiger charge is 2.23. The molecule has 0 aromatic carbocycles. The molecule has 0 unspecified atom stereocenters. The van der Waals surface area contributed by atoms with E-state index >= 15 is 0 Å². The maximum absolute atomic E-state index is 12.5. The molecular formula is C8H4ClF2N3O. The molecule has 2 N–H and O–H groups in total. The van der Waals surface area contributed by atoms with Crippen LogP contribution in [0.3, 0.4) is 0 Å². The molecule has 0 amide bonds. The second-order valence-electron chi connectivity index (χ2n) is 2.53. The smallest absolute Gasteiger partial charge is 0.266 e. The van der Waals surface area contributed by atoms with Crippen LogP contribution in [0, 0.1) is 11.3 Å². The van der Waals surface area contributed by atoms with Gasteiger partial charge in [-0.3, -0.25) is 4.79 Å². The summed E-state index contributed by atoms with van der Waals surface area (Å²) in [6.45, 7) is 0. The first-order valence-electron chi connectivity index (χ1n) is 3.65. The lowest BCUT2D eigenvalue weighted by Gasteiger charge is -2.08. The van der Waals surface area contributed by atoms with Crippen molar-refractivity contribution < 1.29 is 13.6 Å². The minimum absolute atomic E-state index is 0.355. The van der Waals surface area contributed by atoms with E-state index < -0.39 is 28.5 Å². The largest absolute Gasteiger partial charge is 0.396 e. The third kappa shape index (κ3) is 2.02. The molecule has 0 radical (unpaired) electrons. The number of nitrogens with zero attached hydrogens (tertiary/aromatic N) is 2. The summed E-state index contributed by atoms with van der Waals surface area (Å²) < 4.78 is 25.1. The molecule has 1 rings (SSSR count). The number of anilines is 1. The number of alkyl halides is 2. The average Bonchev–Trinajstić information content (AvgIpc) is 2.16. The third-order valence-electron chi connectivity index (χ3n) is 1.69. The first kappa shape index (κ1) is 11.3. The number of aromatic nitrogens is 1. The Morgan fingerprint density at radius 1 is 1.67 bits per heavy atom. The number of halogens is 3. The number of nitrogens with two attached hydrogens (primary N) is 1.